The van der Waals surface area contributed by atoms with Gasteiger partial charge in [0.05, 0.1) is 5.69 Å². The van der Waals surface area contributed by atoms with Crippen LogP contribution in [-0.4, -0.2) is 19.2 Å². The van der Waals surface area contributed by atoms with Crippen LogP contribution in [0.1, 0.15) is 11.1 Å². The van der Waals surface area contributed by atoms with Gasteiger partial charge in [0.1, 0.15) is 10.7 Å². The summed E-state index contributed by atoms with van der Waals surface area (Å²) in [6, 6.07) is 8.01. The average molecular weight is 290 g/mol. The first-order valence-electron chi connectivity index (χ1n) is 5.78. The molecule has 0 saturated carbocycles. The minimum Gasteiger partial charge on any atom is -0.384 e. The number of pyridine rings is 1. The summed E-state index contributed by atoms with van der Waals surface area (Å²) in [7, 11) is -3.75. The maximum absolute atomic E-state index is 12.2. The Bertz CT molecular complexity index is 742. The lowest BCUT2D eigenvalue weighted by atomic mass is 10.1. The number of sulfonamides is 1. The van der Waals surface area contributed by atoms with Crippen molar-refractivity contribution in [2.75, 3.05) is 4.72 Å². The predicted molar refractivity (Wildman–Crippen MR) is 77.2 cm³/mol. The summed E-state index contributed by atoms with van der Waals surface area (Å²) in [5.74, 6) is -0.188. The summed E-state index contributed by atoms with van der Waals surface area (Å²) in [6.45, 7) is 1.76. The molecular weight excluding hydrogens is 276 g/mol. The van der Waals surface area contributed by atoms with Crippen molar-refractivity contribution < 1.29 is 8.42 Å². The van der Waals surface area contributed by atoms with Crippen LogP contribution >= 0.6 is 0 Å². The Morgan fingerprint density at radius 3 is 2.65 bits per heavy atom. The number of benzene rings is 1. The van der Waals surface area contributed by atoms with Gasteiger partial charge in [-0.1, -0.05) is 12.1 Å². The number of amidine groups is 1. The highest BCUT2D eigenvalue weighted by Crippen LogP contribution is 2.22. The van der Waals surface area contributed by atoms with Crippen LogP contribution in [0.5, 0.6) is 0 Å². The van der Waals surface area contributed by atoms with E-state index in [9.17, 15) is 8.42 Å². The van der Waals surface area contributed by atoms with Gasteiger partial charge in [-0.25, -0.2) is 8.42 Å². The van der Waals surface area contributed by atoms with Gasteiger partial charge in [0, 0.05) is 18.0 Å². The number of hydrogen-bond acceptors (Lipinski definition) is 4. The minimum absolute atomic E-state index is 0.0519. The van der Waals surface area contributed by atoms with Crippen molar-refractivity contribution in [1.29, 1.82) is 5.41 Å². The number of hydrogen-bond donors (Lipinski definition) is 3. The number of nitrogens with zero attached hydrogens (tertiary/aromatic N) is 1. The maximum Gasteiger partial charge on any atom is 0.263 e. The van der Waals surface area contributed by atoms with Crippen LogP contribution in [0.25, 0.3) is 0 Å². The lowest BCUT2D eigenvalue weighted by Crippen LogP contribution is -2.19. The van der Waals surface area contributed by atoms with Crippen molar-refractivity contribution in [1.82, 2.24) is 4.98 Å². The van der Waals surface area contributed by atoms with Crippen LogP contribution in [-0.2, 0) is 10.0 Å². The first kappa shape index (κ1) is 14.0. The van der Waals surface area contributed by atoms with Gasteiger partial charge in [-0.3, -0.25) is 15.1 Å². The molecule has 0 fully saturated rings. The van der Waals surface area contributed by atoms with Crippen molar-refractivity contribution in [2.24, 2.45) is 5.73 Å². The van der Waals surface area contributed by atoms with Gasteiger partial charge in [-0.15, -0.1) is 0 Å². The Labute approximate surface area is 117 Å². The Morgan fingerprint density at radius 1 is 1.30 bits per heavy atom. The molecule has 0 aliphatic heterocycles. The zero-order valence-electron chi connectivity index (χ0n) is 10.8. The molecular formula is C13H14N4O2S. The lowest BCUT2D eigenvalue weighted by molar-refractivity contribution is 0.601. The molecule has 1 heterocycles. The Hall–Kier alpha value is -2.41. The van der Waals surface area contributed by atoms with E-state index in [4.69, 9.17) is 11.1 Å². The van der Waals surface area contributed by atoms with E-state index in [-0.39, 0.29) is 16.4 Å². The van der Waals surface area contributed by atoms with Crippen molar-refractivity contribution in [2.45, 2.75) is 11.8 Å². The van der Waals surface area contributed by atoms with Gasteiger partial charge >= 0.3 is 0 Å². The van der Waals surface area contributed by atoms with E-state index in [0.717, 1.165) is 5.56 Å². The molecule has 0 spiro atoms. The highest BCUT2D eigenvalue weighted by Gasteiger charge is 2.17. The van der Waals surface area contributed by atoms with Gasteiger partial charge in [0.25, 0.3) is 10.0 Å². The van der Waals surface area contributed by atoms with E-state index in [1.165, 1.54) is 24.5 Å². The highest BCUT2D eigenvalue weighted by molar-refractivity contribution is 7.92. The Balaban J connectivity index is 2.46. The molecule has 0 radical (unpaired) electrons. The number of nitrogens with two attached hydrogens (primary N) is 1. The first-order chi connectivity index (χ1) is 9.42. The van der Waals surface area contributed by atoms with E-state index >= 15 is 0 Å². The third-order valence-electron chi connectivity index (χ3n) is 2.73. The number of nitrogen functional groups attached to an aromatic ring is 1. The number of anilines is 1. The van der Waals surface area contributed by atoms with Gasteiger partial charge in [0.2, 0.25) is 0 Å². The monoisotopic (exact) mass is 290 g/mol. The van der Waals surface area contributed by atoms with Crippen molar-refractivity contribution in [3.63, 3.8) is 0 Å². The number of aromatic nitrogens is 1. The standard InChI is InChI=1S/C13H14N4O2S/c1-9-4-2-6-11(12(9)13(14)15)17-20(18,19)10-5-3-7-16-8-10/h2-8,17H,1H3,(H3,14,15). The minimum atomic E-state index is -3.75. The molecule has 1 aromatic carbocycles. The number of aryl methyl sites for hydroxylation is 1. The van der Waals surface area contributed by atoms with Gasteiger partial charge in [-0.05, 0) is 30.7 Å². The number of rotatable bonds is 4. The summed E-state index contributed by atoms with van der Waals surface area (Å²) < 4.78 is 26.9. The predicted octanol–water partition coefficient (Wildman–Crippen LogP) is 1.47. The molecule has 0 bridgehead atoms. The quantitative estimate of drug-likeness (QED) is 0.585. The van der Waals surface area contributed by atoms with Gasteiger partial charge in [0.15, 0.2) is 0 Å². The maximum atomic E-state index is 12.2. The zero-order chi connectivity index (χ0) is 14.8. The van der Waals surface area contributed by atoms with Crippen LogP contribution in [0, 0.1) is 12.3 Å². The summed E-state index contributed by atoms with van der Waals surface area (Å²) in [5.41, 5.74) is 6.89. The third-order valence-corrected chi connectivity index (χ3v) is 4.08. The molecule has 0 aliphatic carbocycles. The molecule has 6 nitrogen and oxygen atoms in total. The van der Waals surface area contributed by atoms with E-state index in [1.807, 2.05) is 0 Å². The second kappa shape index (κ2) is 5.30. The normalized spacial score (nSPS) is 11.1. The van der Waals surface area contributed by atoms with Crippen molar-refractivity contribution >= 4 is 21.5 Å². The lowest BCUT2D eigenvalue weighted by Gasteiger charge is -2.13. The molecule has 0 saturated heterocycles. The van der Waals surface area contributed by atoms with Crippen molar-refractivity contribution in [3.05, 3.63) is 53.9 Å². The molecule has 7 heteroatoms. The van der Waals surface area contributed by atoms with Crippen molar-refractivity contribution in [3.8, 4) is 0 Å². The topological polar surface area (TPSA) is 109 Å². The van der Waals surface area contributed by atoms with E-state index in [2.05, 4.69) is 9.71 Å². The summed E-state index contributed by atoms with van der Waals surface area (Å²) in [5, 5.41) is 7.56. The molecule has 0 unspecified atom stereocenters. The third kappa shape index (κ3) is 2.77. The van der Waals surface area contributed by atoms with Gasteiger partial charge < -0.3 is 5.73 Å². The Kier molecular flexibility index (Phi) is 3.71. The Morgan fingerprint density at radius 2 is 2.05 bits per heavy atom. The molecule has 2 aromatic rings. The molecule has 20 heavy (non-hydrogen) atoms. The molecule has 2 rings (SSSR count). The van der Waals surface area contributed by atoms with E-state index in [1.54, 1.807) is 25.1 Å². The fraction of sp³-hybridized carbons (Fsp3) is 0.0769. The second-order valence-electron chi connectivity index (χ2n) is 4.21. The average Bonchev–Trinajstić information content (AvgIpc) is 2.39. The van der Waals surface area contributed by atoms with E-state index in [0.29, 0.717) is 5.56 Å². The highest BCUT2D eigenvalue weighted by atomic mass is 32.2. The summed E-state index contributed by atoms with van der Waals surface area (Å²) >= 11 is 0. The van der Waals surface area contributed by atoms with Crippen LogP contribution in [0.4, 0.5) is 5.69 Å². The molecule has 0 amide bonds. The molecule has 4 N–H and O–H groups in total. The zero-order valence-corrected chi connectivity index (χ0v) is 11.6. The molecule has 1 aromatic heterocycles. The molecule has 0 atom stereocenters. The SMILES string of the molecule is Cc1cccc(NS(=O)(=O)c2cccnc2)c1C(=N)N. The van der Waals surface area contributed by atoms with E-state index < -0.39 is 10.0 Å². The van der Waals surface area contributed by atoms with Gasteiger partial charge in [-0.2, -0.15) is 0 Å². The summed E-state index contributed by atoms with van der Waals surface area (Å²) in [4.78, 5) is 3.83. The molecule has 104 valence electrons. The largest absolute Gasteiger partial charge is 0.384 e. The first-order valence-corrected chi connectivity index (χ1v) is 7.27. The fourth-order valence-electron chi connectivity index (χ4n) is 1.82. The van der Waals surface area contributed by atoms with Crippen LogP contribution in [0.3, 0.4) is 0 Å². The smallest absolute Gasteiger partial charge is 0.263 e. The van der Waals surface area contributed by atoms with Crippen LogP contribution < -0.4 is 10.5 Å². The second-order valence-corrected chi connectivity index (χ2v) is 5.89. The number of nitrogens with one attached hydrogen (secondary N) is 2. The summed E-state index contributed by atoms with van der Waals surface area (Å²) in [6.07, 6.45) is 2.75. The molecule has 0 aliphatic rings. The fourth-order valence-corrected chi connectivity index (χ4v) is 2.85. The van der Waals surface area contributed by atoms with Crippen LogP contribution in [0.2, 0.25) is 0 Å². The van der Waals surface area contributed by atoms with Crippen LogP contribution in [0.15, 0.2) is 47.6 Å².